The second-order valence-corrected chi connectivity index (χ2v) is 21.7. The van der Waals surface area contributed by atoms with Crippen LogP contribution in [0.4, 0.5) is 0 Å². The average Bonchev–Trinajstić information content (AvgIpc) is 3.77. The van der Waals surface area contributed by atoms with Crippen LogP contribution in [-0.4, -0.2) is 0 Å². The van der Waals surface area contributed by atoms with Crippen LogP contribution < -0.4 is 79.1 Å². The van der Waals surface area contributed by atoms with Gasteiger partial charge in [-0.05, 0) is 146 Å². The van der Waals surface area contributed by atoms with Crippen molar-refractivity contribution in [1.29, 1.82) is 0 Å². The van der Waals surface area contributed by atoms with Gasteiger partial charge < -0.3 is 79.1 Å². The van der Waals surface area contributed by atoms with Crippen LogP contribution in [-0.2, 0) is 16.5 Å². The summed E-state index contributed by atoms with van der Waals surface area (Å²) in [6.45, 7) is 0. The van der Waals surface area contributed by atoms with Gasteiger partial charge in [0.05, 0.1) is 0 Å². The summed E-state index contributed by atoms with van der Waals surface area (Å²) in [6, 6.07) is 114. The summed E-state index contributed by atoms with van der Waals surface area (Å²) in [6.07, 6.45) is 0. The summed E-state index contributed by atoms with van der Waals surface area (Å²) in [5, 5.41) is 0. The van der Waals surface area contributed by atoms with E-state index in [2.05, 4.69) is 0 Å². The quantitative estimate of drug-likeness (QED) is 0.0424. The van der Waals surface area contributed by atoms with Crippen LogP contribution in [0.5, 0.6) is 69.0 Å². The van der Waals surface area contributed by atoms with Crippen LogP contribution in [0, 0.1) is 0 Å². The molecule has 0 bridgehead atoms. The summed E-state index contributed by atoms with van der Waals surface area (Å²) in [5.41, 5.74) is 0. The molecule has 464 valence electrons. The van der Waals surface area contributed by atoms with E-state index in [9.17, 15) is 0 Å². The molecule has 0 aliphatic rings. The Morgan fingerprint density at radius 1 is 0.121 bits per heavy atom. The second-order valence-electron chi connectivity index (χ2n) is 17.7. The minimum Gasteiger partial charge on any atom is -1.00 e. The van der Waals surface area contributed by atoms with E-state index in [-0.39, 0.29) is 41.3 Å². The molecule has 0 atom stereocenters. The fraction of sp³-hybridized carbons (Fsp3) is 0. The number of benzene rings is 12. The molecule has 0 saturated heterocycles. The molecule has 19 heteroatoms. The van der Waals surface area contributed by atoms with Crippen molar-refractivity contribution in [3.8, 4) is 69.0 Å². The molecule has 0 N–H and O–H groups in total. The zero-order valence-corrected chi connectivity index (χ0v) is 54.5. The molecule has 0 heterocycles. The molecule has 12 aromatic rings. The van der Waals surface area contributed by atoms with Crippen molar-refractivity contribution in [2.24, 2.45) is 0 Å². The Morgan fingerprint density at radius 2 is 0.187 bits per heavy atom. The summed E-state index contributed by atoms with van der Waals surface area (Å²) in [4.78, 5) is 0. The molecule has 0 unspecified atom stereocenters. The first-order valence-electron chi connectivity index (χ1n) is 27.6. The topological polar surface area (TPSA) is 111 Å². The predicted molar refractivity (Wildman–Crippen MR) is 353 cm³/mol. The zero-order valence-electron chi connectivity index (χ0n) is 48.4. The maximum Gasteiger partial charge on any atom is 2.00 e. The SMILES string of the molecule is [Cl-].[Cl-].[Ni+2].c1ccc(OP(Oc2ccccc2)Oc2ccccc2)cc1.c1ccc(OP(Oc2ccccc2)Oc2ccccc2)cc1.c1ccc(OP(Oc2ccccc2)Oc2ccccc2)cc1.c1ccc(OP(Oc2ccccc2)Oc2ccccc2)cc1. The number of rotatable bonds is 24. The molecule has 0 aliphatic carbocycles. The standard InChI is InChI=1S/4C18H15O3P.2ClH.Ni/c4*1-4-10-16(11-5-1)19-22(20-17-12-6-2-7-13-17)21-18-14-8-3-9-15-18;;;/h4*1-15H;2*1H;/q;;;;;;+2/p-2. The fourth-order valence-corrected chi connectivity index (χ4v) is 11.0. The molecule has 0 aliphatic heterocycles. The second kappa shape index (κ2) is 42.1. The molecular formula is C72H60Cl2NiO12P4. The van der Waals surface area contributed by atoms with Crippen molar-refractivity contribution < 1.29 is 95.6 Å². The molecule has 91 heavy (non-hydrogen) atoms. The summed E-state index contributed by atoms with van der Waals surface area (Å²) in [7, 11) is -6.36. The van der Waals surface area contributed by atoms with Crippen LogP contribution in [0.15, 0.2) is 364 Å². The van der Waals surface area contributed by atoms with Crippen molar-refractivity contribution in [2.75, 3.05) is 0 Å². The third-order valence-corrected chi connectivity index (χ3v) is 15.4. The monoisotopic (exact) mass is 1370 g/mol. The Labute approximate surface area is 559 Å². The minimum absolute atomic E-state index is 0. The van der Waals surface area contributed by atoms with Gasteiger partial charge in [-0.3, -0.25) is 0 Å². The first-order chi connectivity index (χ1) is 43.6. The summed E-state index contributed by atoms with van der Waals surface area (Å²) >= 11 is 0. The van der Waals surface area contributed by atoms with E-state index < -0.39 is 34.4 Å². The van der Waals surface area contributed by atoms with E-state index in [1.165, 1.54) is 0 Å². The van der Waals surface area contributed by atoms with E-state index in [1.807, 2.05) is 364 Å². The molecular weight excluding hydrogens is 1310 g/mol. The number of halogens is 2. The van der Waals surface area contributed by atoms with E-state index >= 15 is 0 Å². The van der Waals surface area contributed by atoms with Crippen LogP contribution in [0.1, 0.15) is 0 Å². The van der Waals surface area contributed by atoms with Crippen LogP contribution in [0.25, 0.3) is 0 Å². The normalized spacial score (nSPS) is 9.89. The Morgan fingerprint density at radius 3 is 0.253 bits per heavy atom. The molecule has 0 saturated carbocycles. The fourth-order valence-electron chi connectivity index (χ4n) is 7.03. The van der Waals surface area contributed by atoms with E-state index in [4.69, 9.17) is 54.3 Å². The number of hydrogen-bond acceptors (Lipinski definition) is 12. The van der Waals surface area contributed by atoms with Crippen LogP contribution >= 0.6 is 34.4 Å². The molecule has 0 amide bonds. The number of hydrogen-bond donors (Lipinski definition) is 0. The summed E-state index contributed by atoms with van der Waals surface area (Å²) < 4.78 is 70.1. The predicted octanol–water partition coefficient (Wildman–Crippen LogP) is 15.8. The average molecular weight is 1370 g/mol. The van der Waals surface area contributed by atoms with E-state index in [0.717, 1.165) is 0 Å². The van der Waals surface area contributed by atoms with Crippen molar-refractivity contribution in [3.63, 3.8) is 0 Å². The van der Waals surface area contributed by atoms with E-state index in [0.29, 0.717) is 69.0 Å². The van der Waals surface area contributed by atoms with Gasteiger partial charge in [-0.15, -0.1) is 0 Å². The molecule has 12 nitrogen and oxygen atoms in total. The van der Waals surface area contributed by atoms with Gasteiger partial charge in [0, 0.05) is 0 Å². The van der Waals surface area contributed by atoms with Gasteiger partial charge in [0.25, 0.3) is 0 Å². The third kappa shape index (κ3) is 27.8. The van der Waals surface area contributed by atoms with Gasteiger partial charge in [0.2, 0.25) is 0 Å². The molecule has 12 rings (SSSR count). The van der Waals surface area contributed by atoms with Crippen molar-refractivity contribution >= 4 is 34.4 Å². The summed E-state index contributed by atoms with van der Waals surface area (Å²) in [5.74, 6) is 8.51. The Hall–Kier alpha value is -8.97. The number of para-hydroxylation sites is 12. The first kappa shape index (κ1) is 71.1. The molecule has 0 aromatic heterocycles. The largest absolute Gasteiger partial charge is 2.00 e. The van der Waals surface area contributed by atoms with Gasteiger partial charge in [-0.25, -0.2) is 0 Å². The molecule has 12 aromatic carbocycles. The van der Waals surface area contributed by atoms with Gasteiger partial charge in [0.1, 0.15) is 69.0 Å². The van der Waals surface area contributed by atoms with Crippen molar-refractivity contribution in [2.45, 2.75) is 0 Å². The van der Waals surface area contributed by atoms with Crippen LogP contribution in [0.3, 0.4) is 0 Å². The molecule has 0 fully saturated rings. The van der Waals surface area contributed by atoms with Gasteiger partial charge >= 0.3 is 50.9 Å². The minimum atomic E-state index is -1.59. The van der Waals surface area contributed by atoms with Crippen molar-refractivity contribution in [3.05, 3.63) is 364 Å². The van der Waals surface area contributed by atoms with Gasteiger partial charge in [0.15, 0.2) is 0 Å². The zero-order chi connectivity index (χ0) is 60.1. The Kier molecular flexibility index (Phi) is 32.9. The Balaban J connectivity index is 0.000000191. The van der Waals surface area contributed by atoms with E-state index in [1.54, 1.807) is 0 Å². The van der Waals surface area contributed by atoms with Crippen molar-refractivity contribution in [1.82, 2.24) is 0 Å². The van der Waals surface area contributed by atoms with Gasteiger partial charge in [-0.1, -0.05) is 218 Å². The van der Waals surface area contributed by atoms with Gasteiger partial charge in [-0.2, -0.15) is 0 Å². The first-order valence-corrected chi connectivity index (χ1v) is 32.0. The molecule has 0 radical (unpaired) electrons. The Bertz CT molecular complexity index is 2820. The maximum absolute atomic E-state index is 5.84. The maximum atomic E-state index is 5.84. The van der Waals surface area contributed by atoms with Crippen LogP contribution in [0.2, 0.25) is 0 Å². The third-order valence-electron chi connectivity index (χ3n) is 11.1. The molecule has 0 spiro atoms. The smallest absolute Gasteiger partial charge is 1.00 e.